The molecule has 5 atom stereocenters. The molecular formula is C25H24O13. The lowest BCUT2D eigenvalue weighted by Gasteiger charge is -2.39. The molecule has 0 bridgehead atoms. The molecule has 1 fully saturated rings. The van der Waals surface area contributed by atoms with Gasteiger partial charge in [0.1, 0.15) is 71.4 Å². The number of aliphatic carboxylic acids is 1. The van der Waals surface area contributed by atoms with Crippen LogP contribution in [0.4, 0.5) is 0 Å². The smallest absolute Gasteiger partial charge is 0.317 e. The van der Waals surface area contributed by atoms with E-state index in [0.717, 1.165) is 6.07 Å². The zero-order valence-electron chi connectivity index (χ0n) is 19.8. The molecule has 0 spiro atoms. The molecule has 5 N–H and O–H groups in total. The number of aliphatic hydroxyl groups excluding tert-OH is 3. The Morgan fingerprint density at radius 2 is 1.68 bits per heavy atom. The van der Waals surface area contributed by atoms with Gasteiger partial charge >= 0.3 is 11.9 Å². The highest BCUT2D eigenvalue weighted by molar-refractivity contribution is 5.90. The predicted octanol–water partition coefficient (Wildman–Crippen LogP) is 0.378. The minimum atomic E-state index is -1.79. The first-order valence-corrected chi connectivity index (χ1v) is 11.3. The lowest BCUT2D eigenvalue weighted by atomic mass is 9.99. The minimum Gasteiger partial charge on any atom is -0.507 e. The van der Waals surface area contributed by atoms with E-state index in [1.807, 2.05) is 0 Å². The molecule has 1 aliphatic heterocycles. The molecule has 0 saturated carbocycles. The number of hydrogen-bond donors (Lipinski definition) is 5. The van der Waals surface area contributed by atoms with E-state index < -0.39 is 66.9 Å². The number of rotatable bonds is 8. The summed E-state index contributed by atoms with van der Waals surface area (Å²) in [5, 5.41) is 49.7. The normalized spacial score (nSPS) is 23.1. The third-order valence-electron chi connectivity index (χ3n) is 5.78. The van der Waals surface area contributed by atoms with Crippen molar-refractivity contribution in [1.82, 2.24) is 0 Å². The molecule has 3 aromatic rings. The fourth-order valence-electron chi connectivity index (χ4n) is 3.84. The van der Waals surface area contributed by atoms with Crippen LogP contribution in [0.15, 0.2) is 51.7 Å². The fraction of sp³-hybridized carbons (Fsp3) is 0.320. The van der Waals surface area contributed by atoms with Crippen LogP contribution in [-0.4, -0.2) is 81.9 Å². The van der Waals surface area contributed by atoms with Crippen molar-refractivity contribution in [2.45, 2.75) is 37.1 Å². The molecule has 4 rings (SSSR count). The largest absolute Gasteiger partial charge is 0.507 e. The van der Waals surface area contributed by atoms with E-state index in [0.29, 0.717) is 11.3 Å². The Labute approximate surface area is 214 Å². The quantitative estimate of drug-likeness (QED) is 0.197. The Hall–Kier alpha value is -4.17. The third-order valence-corrected chi connectivity index (χ3v) is 5.78. The number of hydrogen-bond acceptors (Lipinski definition) is 12. The lowest BCUT2D eigenvalue weighted by molar-refractivity contribution is -0.278. The molecule has 0 aliphatic carbocycles. The van der Waals surface area contributed by atoms with Crippen LogP contribution in [0, 0.1) is 0 Å². The van der Waals surface area contributed by atoms with E-state index in [1.54, 1.807) is 24.3 Å². The first-order valence-electron chi connectivity index (χ1n) is 11.3. The number of aromatic hydroxyl groups is 1. The van der Waals surface area contributed by atoms with Gasteiger partial charge in [0.25, 0.3) is 0 Å². The van der Waals surface area contributed by atoms with Gasteiger partial charge in [-0.2, -0.15) is 0 Å². The highest BCUT2D eigenvalue weighted by Gasteiger charge is 2.45. The number of methoxy groups -OCH3 is 1. The van der Waals surface area contributed by atoms with Gasteiger partial charge in [-0.15, -0.1) is 0 Å². The molecule has 13 nitrogen and oxygen atoms in total. The molecule has 0 amide bonds. The maximum atomic E-state index is 12.7. The van der Waals surface area contributed by atoms with Crippen molar-refractivity contribution in [3.8, 4) is 28.6 Å². The molecule has 38 heavy (non-hydrogen) atoms. The number of esters is 1. The molecule has 2 heterocycles. The number of carboxylic acid groups (broad SMARTS) is 1. The van der Waals surface area contributed by atoms with Crippen molar-refractivity contribution < 1.29 is 58.5 Å². The van der Waals surface area contributed by atoms with Gasteiger partial charge in [-0.3, -0.25) is 14.4 Å². The van der Waals surface area contributed by atoms with Crippen molar-refractivity contribution in [1.29, 1.82) is 0 Å². The van der Waals surface area contributed by atoms with Gasteiger partial charge in [-0.25, -0.2) is 0 Å². The summed E-state index contributed by atoms with van der Waals surface area (Å²) in [6.45, 7) is -0.639. The van der Waals surface area contributed by atoms with Crippen LogP contribution >= 0.6 is 0 Å². The maximum absolute atomic E-state index is 12.7. The number of benzene rings is 2. The monoisotopic (exact) mass is 532 g/mol. The average molecular weight is 532 g/mol. The molecule has 2 aromatic carbocycles. The molecule has 1 saturated heterocycles. The standard InChI is InChI=1S/C25H24O13/c1-34-12-4-2-11(3-5-12)16-8-15(27)21-14(26)6-13(7-17(21)37-16)36-25-24(33)23(32)22(31)18(38-25)10-35-20(30)9-19(28)29/h2-8,18,22-26,31-33H,9-10H2,1H3,(H,28,29)/t18-,22-,23+,24-,25-/m1/s1. The number of ether oxygens (including phenoxy) is 4. The molecule has 1 aliphatic rings. The van der Waals surface area contributed by atoms with E-state index >= 15 is 0 Å². The molecular weight excluding hydrogens is 508 g/mol. The maximum Gasteiger partial charge on any atom is 0.317 e. The van der Waals surface area contributed by atoms with Gasteiger partial charge in [0.2, 0.25) is 6.29 Å². The molecule has 0 radical (unpaired) electrons. The predicted molar refractivity (Wildman–Crippen MR) is 127 cm³/mol. The van der Waals surface area contributed by atoms with Gasteiger partial charge in [0.15, 0.2) is 5.43 Å². The summed E-state index contributed by atoms with van der Waals surface area (Å²) in [6.07, 6.45) is -9.18. The van der Waals surface area contributed by atoms with Crippen LogP contribution in [0.3, 0.4) is 0 Å². The van der Waals surface area contributed by atoms with E-state index in [1.165, 1.54) is 19.2 Å². The van der Waals surface area contributed by atoms with Crippen molar-refractivity contribution in [3.63, 3.8) is 0 Å². The average Bonchev–Trinajstić information content (AvgIpc) is 2.87. The Kier molecular flexibility index (Phi) is 7.83. The number of carbonyl (C=O) groups excluding carboxylic acids is 1. The van der Waals surface area contributed by atoms with Crippen LogP contribution in [-0.2, 0) is 19.1 Å². The number of fused-ring (bicyclic) bond motifs is 1. The van der Waals surface area contributed by atoms with Crippen molar-refractivity contribution in [2.75, 3.05) is 13.7 Å². The molecule has 202 valence electrons. The molecule has 0 unspecified atom stereocenters. The summed E-state index contributed by atoms with van der Waals surface area (Å²) >= 11 is 0. The number of carboxylic acids is 1. The summed E-state index contributed by atoms with van der Waals surface area (Å²) in [5.74, 6) is -2.35. The zero-order valence-corrected chi connectivity index (χ0v) is 19.8. The zero-order chi connectivity index (χ0) is 27.6. The second-order valence-electron chi connectivity index (χ2n) is 8.41. The van der Waals surface area contributed by atoms with Gasteiger partial charge in [-0.1, -0.05) is 0 Å². The van der Waals surface area contributed by atoms with Crippen molar-refractivity contribution in [3.05, 3.63) is 52.7 Å². The third kappa shape index (κ3) is 5.70. The first kappa shape index (κ1) is 26.9. The van der Waals surface area contributed by atoms with E-state index in [2.05, 4.69) is 0 Å². The number of aliphatic hydroxyl groups is 3. The Balaban J connectivity index is 1.58. The minimum absolute atomic E-state index is 0.0525. The summed E-state index contributed by atoms with van der Waals surface area (Å²) in [6, 6.07) is 10.2. The fourth-order valence-corrected chi connectivity index (χ4v) is 3.84. The second kappa shape index (κ2) is 11.1. The van der Waals surface area contributed by atoms with Gasteiger partial charge in [-0.05, 0) is 24.3 Å². The molecule has 13 heteroatoms. The number of phenols is 1. The SMILES string of the molecule is COc1ccc(-c2cc(=O)c3c(O)cc(O[C@@H]4O[C@H](COC(=O)CC(=O)O)[C@@H](O)[C@H](O)[C@H]4O)cc3o2)cc1. The Morgan fingerprint density at radius 3 is 2.34 bits per heavy atom. The lowest BCUT2D eigenvalue weighted by Crippen LogP contribution is -2.60. The summed E-state index contributed by atoms with van der Waals surface area (Å²) < 4.78 is 26.7. The van der Waals surface area contributed by atoms with E-state index in [4.69, 9.17) is 28.5 Å². The van der Waals surface area contributed by atoms with Gasteiger partial charge < -0.3 is 48.9 Å². The first-order chi connectivity index (χ1) is 18.1. The number of phenolic OH excluding ortho intramolecular Hbond substituents is 1. The van der Waals surface area contributed by atoms with E-state index in [9.17, 15) is 34.8 Å². The second-order valence-corrected chi connectivity index (χ2v) is 8.41. The summed E-state index contributed by atoms with van der Waals surface area (Å²) in [5.41, 5.74) is -0.0285. The summed E-state index contributed by atoms with van der Waals surface area (Å²) in [7, 11) is 1.51. The Morgan fingerprint density at radius 1 is 0.974 bits per heavy atom. The van der Waals surface area contributed by atoms with Crippen LogP contribution in [0.1, 0.15) is 6.42 Å². The van der Waals surface area contributed by atoms with Crippen molar-refractivity contribution >= 4 is 22.9 Å². The van der Waals surface area contributed by atoms with Gasteiger partial charge in [0, 0.05) is 23.8 Å². The van der Waals surface area contributed by atoms with Crippen LogP contribution < -0.4 is 14.9 Å². The number of carbonyl (C=O) groups is 2. The van der Waals surface area contributed by atoms with E-state index in [-0.39, 0.29) is 22.5 Å². The highest BCUT2D eigenvalue weighted by atomic mass is 16.7. The van der Waals surface area contributed by atoms with Crippen LogP contribution in [0.5, 0.6) is 17.2 Å². The summed E-state index contributed by atoms with van der Waals surface area (Å²) in [4.78, 5) is 34.8. The van der Waals surface area contributed by atoms with Crippen LogP contribution in [0.2, 0.25) is 0 Å². The van der Waals surface area contributed by atoms with Crippen molar-refractivity contribution in [2.24, 2.45) is 0 Å². The van der Waals surface area contributed by atoms with Crippen LogP contribution in [0.25, 0.3) is 22.3 Å². The topological polar surface area (TPSA) is 202 Å². The Bertz CT molecular complexity index is 1380. The highest BCUT2D eigenvalue weighted by Crippen LogP contribution is 2.33. The van der Waals surface area contributed by atoms with Gasteiger partial charge in [0.05, 0.1) is 7.11 Å². The molecule has 1 aromatic heterocycles.